The minimum atomic E-state index is -0.167. The number of carbonyl (C=O) groups is 2. The highest BCUT2D eigenvalue weighted by Gasteiger charge is 2.60. The van der Waals surface area contributed by atoms with Gasteiger partial charge in [0.05, 0.1) is 0 Å². The van der Waals surface area contributed by atoms with Gasteiger partial charge < -0.3 is 4.74 Å². The van der Waals surface area contributed by atoms with Gasteiger partial charge in [-0.25, -0.2) is 0 Å². The average Bonchev–Trinajstić information content (AvgIpc) is 2.86. The summed E-state index contributed by atoms with van der Waals surface area (Å²) >= 11 is 0. The first-order valence-electron chi connectivity index (χ1n) is 10.4. The van der Waals surface area contributed by atoms with E-state index in [0.717, 1.165) is 19.3 Å². The third kappa shape index (κ3) is 2.46. The molecule has 0 aromatic rings. The van der Waals surface area contributed by atoms with Gasteiger partial charge in [0.25, 0.3) is 0 Å². The minimum absolute atomic E-state index is 0.0380. The lowest BCUT2D eigenvalue weighted by Crippen LogP contribution is -2.49. The maximum absolute atomic E-state index is 11.9. The number of ether oxygens (including phenoxy) is 1. The van der Waals surface area contributed by atoms with E-state index in [1.807, 2.05) is 6.08 Å². The predicted octanol–water partition coefficient (Wildman–Crippen LogP) is 5.01. The molecule has 26 heavy (non-hydrogen) atoms. The Morgan fingerprint density at radius 2 is 1.92 bits per heavy atom. The second kappa shape index (κ2) is 6.07. The van der Waals surface area contributed by atoms with Crippen molar-refractivity contribution in [2.24, 2.45) is 28.6 Å². The zero-order chi connectivity index (χ0) is 18.7. The van der Waals surface area contributed by atoms with Crippen LogP contribution in [0, 0.1) is 28.6 Å². The van der Waals surface area contributed by atoms with Crippen molar-refractivity contribution in [3.05, 3.63) is 23.3 Å². The summed E-state index contributed by atoms with van der Waals surface area (Å²) in [6, 6.07) is 0. The van der Waals surface area contributed by atoms with Gasteiger partial charge in [-0.1, -0.05) is 25.5 Å². The Morgan fingerprint density at radius 1 is 1.15 bits per heavy atom. The summed E-state index contributed by atoms with van der Waals surface area (Å²) in [5, 5.41) is 0. The number of esters is 1. The van der Waals surface area contributed by atoms with Crippen LogP contribution in [0.25, 0.3) is 0 Å². The van der Waals surface area contributed by atoms with Crippen LogP contribution in [0.4, 0.5) is 0 Å². The van der Waals surface area contributed by atoms with E-state index in [1.165, 1.54) is 37.3 Å². The highest BCUT2D eigenvalue weighted by atomic mass is 16.5. The maximum atomic E-state index is 11.9. The summed E-state index contributed by atoms with van der Waals surface area (Å²) in [4.78, 5) is 23.6. The number of rotatable bonds is 1. The highest BCUT2D eigenvalue weighted by Crippen LogP contribution is 2.66. The molecule has 3 saturated carbocycles. The van der Waals surface area contributed by atoms with Gasteiger partial charge in [0, 0.05) is 13.3 Å². The van der Waals surface area contributed by atoms with E-state index < -0.39 is 0 Å². The molecule has 0 heterocycles. The van der Waals surface area contributed by atoms with Crippen LogP contribution < -0.4 is 0 Å². The van der Waals surface area contributed by atoms with Gasteiger partial charge in [0.1, 0.15) is 6.10 Å². The predicted molar refractivity (Wildman–Crippen MR) is 101 cm³/mol. The molecule has 0 aromatic heterocycles. The van der Waals surface area contributed by atoms with E-state index in [9.17, 15) is 9.59 Å². The van der Waals surface area contributed by atoms with Gasteiger partial charge in [-0.15, -0.1) is 0 Å². The SMILES string of the molecule is C/C=C1\C(OC(C)=O)CC2C3CCC4=CC(=O)CC[C@]4(C)C3CC[C@]12C. The molecular weight excluding hydrogens is 324 g/mol. The van der Waals surface area contributed by atoms with Gasteiger partial charge in [-0.3, -0.25) is 9.59 Å². The number of hydrogen-bond acceptors (Lipinski definition) is 3. The fraction of sp³-hybridized carbons (Fsp3) is 0.739. The fourth-order valence-corrected chi connectivity index (χ4v) is 7.23. The lowest BCUT2D eigenvalue weighted by Gasteiger charge is -2.57. The minimum Gasteiger partial charge on any atom is -0.458 e. The fourth-order valence-electron chi connectivity index (χ4n) is 7.23. The van der Waals surface area contributed by atoms with Crippen molar-refractivity contribution < 1.29 is 14.3 Å². The number of allylic oxidation sites excluding steroid dienone is 2. The van der Waals surface area contributed by atoms with Crippen molar-refractivity contribution in [3.63, 3.8) is 0 Å². The van der Waals surface area contributed by atoms with Crippen LogP contribution in [0.5, 0.6) is 0 Å². The Kier molecular flexibility index (Phi) is 4.20. The van der Waals surface area contributed by atoms with E-state index in [-0.39, 0.29) is 22.9 Å². The van der Waals surface area contributed by atoms with Crippen molar-refractivity contribution >= 4 is 11.8 Å². The molecule has 0 saturated heterocycles. The quantitative estimate of drug-likeness (QED) is 0.490. The topological polar surface area (TPSA) is 43.4 Å². The molecule has 4 aliphatic rings. The van der Waals surface area contributed by atoms with Gasteiger partial charge in [0.15, 0.2) is 5.78 Å². The van der Waals surface area contributed by atoms with E-state index in [0.29, 0.717) is 30.0 Å². The van der Waals surface area contributed by atoms with E-state index in [2.05, 4.69) is 26.8 Å². The Hall–Kier alpha value is -1.38. The molecule has 0 bridgehead atoms. The van der Waals surface area contributed by atoms with E-state index >= 15 is 0 Å². The molecule has 4 rings (SSSR count). The van der Waals surface area contributed by atoms with Gasteiger partial charge in [-0.05, 0) is 85.7 Å². The van der Waals surface area contributed by atoms with Gasteiger partial charge in [-0.2, -0.15) is 0 Å². The van der Waals surface area contributed by atoms with Crippen molar-refractivity contribution in [2.75, 3.05) is 0 Å². The molecule has 0 amide bonds. The number of fused-ring (bicyclic) bond motifs is 5. The van der Waals surface area contributed by atoms with E-state index in [4.69, 9.17) is 4.74 Å². The Morgan fingerprint density at radius 3 is 2.62 bits per heavy atom. The second-order valence-corrected chi connectivity index (χ2v) is 9.50. The number of ketones is 1. The lowest BCUT2D eigenvalue weighted by molar-refractivity contribution is -0.144. The molecule has 0 radical (unpaired) electrons. The molecule has 4 aliphatic carbocycles. The molecule has 6 atom stereocenters. The molecule has 0 aromatic carbocycles. The summed E-state index contributed by atoms with van der Waals surface area (Å²) in [7, 11) is 0. The smallest absolute Gasteiger partial charge is 0.303 e. The van der Waals surface area contributed by atoms with Crippen LogP contribution in [0.15, 0.2) is 23.3 Å². The average molecular weight is 357 g/mol. The molecular formula is C23H32O3. The third-order valence-corrected chi connectivity index (χ3v) is 8.45. The summed E-state index contributed by atoms with van der Waals surface area (Å²) in [5.41, 5.74) is 3.13. The van der Waals surface area contributed by atoms with Crippen molar-refractivity contribution in [3.8, 4) is 0 Å². The van der Waals surface area contributed by atoms with Crippen molar-refractivity contribution in [1.82, 2.24) is 0 Å². The van der Waals surface area contributed by atoms with Crippen molar-refractivity contribution in [2.45, 2.75) is 78.7 Å². The molecule has 3 nitrogen and oxygen atoms in total. The lowest BCUT2D eigenvalue weighted by atomic mass is 9.47. The summed E-state index contributed by atoms with van der Waals surface area (Å²) in [5.74, 6) is 2.10. The first kappa shape index (κ1) is 18.0. The van der Waals surface area contributed by atoms with Crippen LogP contribution in [0.1, 0.15) is 72.6 Å². The zero-order valence-electron chi connectivity index (χ0n) is 16.6. The van der Waals surface area contributed by atoms with Crippen LogP contribution in [-0.2, 0) is 14.3 Å². The molecule has 4 unspecified atom stereocenters. The summed E-state index contributed by atoms with van der Waals surface area (Å²) in [6.07, 6.45) is 11.5. The van der Waals surface area contributed by atoms with Crippen molar-refractivity contribution in [1.29, 1.82) is 0 Å². The Labute approximate surface area is 157 Å². The first-order chi connectivity index (χ1) is 12.3. The number of carbonyl (C=O) groups excluding carboxylic acids is 2. The largest absolute Gasteiger partial charge is 0.458 e. The Bertz CT molecular complexity index is 702. The summed E-state index contributed by atoms with van der Waals surface area (Å²) < 4.78 is 5.73. The molecule has 3 heteroatoms. The maximum Gasteiger partial charge on any atom is 0.303 e. The molecule has 0 aliphatic heterocycles. The van der Waals surface area contributed by atoms with Crippen LogP contribution >= 0.6 is 0 Å². The normalized spacial score (nSPS) is 46.2. The summed E-state index contributed by atoms with van der Waals surface area (Å²) in [6.45, 7) is 8.45. The molecule has 142 valence electrons. The third-order valence-electron chi connectivity index (χ3n) is 8.45. The van der Waals surface area contributed by atoms with E-state index in [1.54, 1.807) is 0 Å². The monoisotopic (exact) mass is 356 g/mol. The molecule has 0 spiro atoms. The number of hydrogen-bond donors (Lipinski definition) is 0. The second-order valence-electron chi connectivity index (χ2n) is 9.50. The highest BCUT2D eigenvalue weighted by molar-refractivity contribution is 5.91. The van der Waals surface area contributed by atoms with Gasteiger partial charge >= 0.3 is 5.97 Å². The van der Waals surface area contributed by atoms with Crippen LogP contribution in [-0.4, -0.2) is 17.9 Å². The van der Waals surface area contributed by atoms with Gasteiger partial charge in [0.2, 0.25) is 0 Å². The van der Waals surface area contributed by atoms with Crippen LogP contribution in [0.3, 0.4) is 0 Å². The first-order valence-corrected chi connectivity index (χ1v) is 10.4. The molecule has 0 N–H and O–H groups in total. The Balaban J connectivity index is 1.67. The van der Waals surface area contributed by atoms with Crippen LogP contribution in [0.2, 0.25) is 0 Å². The molecule has 3 fully saturated rings. The zero-order valence-corrected chi connectivity index (χ0v) is 16.6. The standard InChI is InChI=1S/C23H32O3/c1-5-18-21(26-14(2)24)13-20-17-7-6-15-12-16(25)8-10-22(15,3)19(17)9-11-23(18,20)4/h5,12,17,19-21H,6-11,13H2,1-4H3/b18-5+/t17?,19?,20?,21?,22-,23+/m0/s1.